The lowest BCUT2D eigenvalue weighted by Gasteiger charge is -2.30. The van der Waals surface area contributed by atoms with Gasteiger partial charge in [0.25, 0.3) is 0 Å². The van der Waals surface area contributed by atoms with Gasteiger partial charge in [-0.1, -0.05) is 0 Å². The number of carbonyl (C=O) groups is 1. The Balaban J connectivity index is 1.64. The summed E-state index contributed by atoms with van der Waals surface area (Å²) in [7, 11) is 0. The number of carbonyl (C=O) groups excluding carboxylic acids is 1. The van der Waals surface area contributed by atoms with Crippen molar-refractivity contribution in [1.29, 1.82) is 0 Å². The van der Waals surface area contributed by atoms with E-state index in [-0.39, 0.29) is 12.1 Å². The van der Waals surface area contributed by atoms with Crippen LogP contribution in [0.15, 0.2) is 16.5 Å². The Morgan fingerprint density at radius 1 is 1.30 bits per heavy atom. The first-order chi connectivity index (χ1) is 9.56. The molecule has 2 aliphatic rings. The van der Waals surface area contributed by atoms with Crippen LogP contribution in [0.4, 0.5) is 4.79 Å². The van der Waals surface area contributed by atoms with Gasteiger partial charge in [-0.25, -0.2) is 4.79 Å². The predicted molar refractivity (Wildman–Crippen MR) is 77.4 cm³/mol. The lowest BCUT2D eigenvalue weighted by molar-refractivity contribution is 0.163. The third-order valence-corrected chi connectivity index (χ3v) is 4.45. The molecule has 4 nitrogen and oxygen atoms in total. The Labute approximate surface area is 120 Å². The summed E-state index contributed by atoms with van der Waals surface area (Å²) in [4.78, 5) is 14.6. The highest BCUT2D eigenvalue weighted by Gasteiger charge is 2.42. The van der Waals surface area contributed by atoms with Crippen LogP contribution in [0, 0.1) is 12.8 Å². The summed E-state index contributed by atoms with van der Waals surface area (Å²) in [6.45, 7) is 6.09. The van der Waals surface area contributed by atoms with Gasteiger partial charge >= 0.3 is 6.03 Å². The van der Waals surface area contributed by atoms with Crippen molar-refractivity contribution in [2.24, 2.45) is 5.92 Å². The van der Waals surface area contributed by atoms with Gasteiger partial charge in [-0.05, 0) is 64.5 Å². The van der Waals surface area contributed by atoms with Gasteiger partial charge in [-0.3, -0.25) is 0 Å². The minimum atomic E-state index is -0.0798. The maximum atomic E-state index is 12.6. The third kappa shape index (κ3) is 2.84. The topological polar surface area (TPSA) is 45.5 Å². The smallest absolute Gasteiger partial charge is 0.318 e. The maximum absolute atomic E-state index is 12.6. The van der Waals surface area contributed by atoms with Crippen molar-refractivity contribution >= 4 is 6.03 Å². The van der Waals surface area contributed by atoms with Gasteiger partial charge in [0.2, 0.25) is 0 Å². The zero-order chi connectivity index (χ0) is 14.3. The van der Waals surface area contributed by atoms with Crippen LogP contribution in [0.5, 0.6) is 0 Å². The third-order valence-electron chi connectivity index (χ3n) is 4.45. The molecule has 2 saturated carbocycles. The SMILES string of the molecule is Cc1ccc([C@H](C)NC(=O)N(C2CC2)[C@@H](C)C2CC2)o1. The summed E-state index contributed by atoms with van der Waals surface area (Å²) in [5.74, 6) is 2.42. The van der Waals surface area contributed by atoms with Gasteiger partial charge in [0.05, 0.1) is 6.04 Å². The van der Waals surface area contributed by atoms with E-state index in [0.29, 0.717) is 18.0 Å². The molecule has 2 atom stereocenters. The van der Waals surface area contributed by atoms with E-state index in [4.69, 9.17) is 4.42 Å². The molecule has 3 rings (SSSR count). The van der Waals surface area contributed by atoms with E-state index in [1.807, 2.05) is 26.0 Å². The minimum Gasteiger partial charge on any atom is -0.464 e. The Bertz CT molecular complexity index is 488. The average Bonchev–Trinajstić information content (AvgIpc) is 3.29. The van der Waals surface area contributed by atoms with Crippen molar-refractivity contribution < 1.29 is 9.21 Å². The highest BCUT2D eigenvalue weighted by atomic mass is 16.3. The van der Waals surface area contributed by atoms with E-state index < -0.39 is 0 Å². The first-order valence-corrected chi connectivity index (χ1v) is 7.71. The van der Waals surface area contributed by atoms with Crippen molar-refractivity contribution in [2.75, 3.05) is 0 Å². The normalized spacial score (nSPS) is 21.4. The van der Waals surface area contributed by atoms with Crippen LogP contribution in [0.25, 0.3) is 0 Å². The molecule has 1 aromatic heterocycles. The zero-order valence-corrected chi connectivity index (χ0v) is 12.6. The van der Waals surface area contributed by atoms with Crippen LogP contribution in [-0.2, 0) is 0 Å². The molecule has 2 fully saturated rings. The van der Waals surface area contributed by atoms with Crippen molar-refractivity contribution in [3.8, 4) is 0 Å². The summed E-state index contributed by atoms with van der Waals surface area (Å²) in [6.07, 6.45) is 4.84. The number of amides is 2. The molecule has 0 aromatic carbocycles. The first kappa shape index (κ1) is 13.5. The number of furan rings is 1. The van der Waals surface area contributed by atoms with Crippen LogP contribution in [0.3, 0.4) is 0 Å². The summed E-state index contributed by atoms with van der Waals surface area (Å²) < 4.78 is 5.59. The second-order valence-electron chi connectivity index (χ2n) is 6.34. The number of hydrogen-bond donors (Lipinski definition) is 1. The van der Waals surface area contributed by atoms with Gasteiger partial charge in [0.1, 0.15) is 11.5 Å². The van der Waals surface area contributed by atoms with E-state index >= 15 is 0 Å². The van der Waals surface area contributed by atoms with Crippen molar-refractivity contribution in [1.82, 2.24) is 10.2 Å². The Hall–Kier alpha value is -1.45. The largest absolute Gasteiger partial charge is 0.464 e. The quantitative estimate of drug-likeness (QED) is 0.892. The van der Waals surface area contributed by atoms with Gasteiger partial charge < -0.3 is 14.6 Å². The molecular weight excluding hydrogens is 252 g/mol. The second-order valence-corrected chi connectivity index (χ2v) is 6.34. The molecule has 2 aliphatic carbocycles. The molecular formula is C16H24N2O2. The summed E-state index contributed by atoms with van der Waals surface area (Å²) in [6, 6.07) is 4.68. The molecule has 20 heavy (non-hydrogen) atoms. The predicted octanol–water partition coefficient (Wildman–Crippen LogP) is 3.62. The van der Waals surface area contributed by atoms with Crippen LogP contribution in [0.1, 0.15) is 57.1 Å². The molecule has 2 amide bonds. The summed E-state index contributed by atoms with van der Waals surface area (Å²) >= 11 is 0. The Kier molecular flexibility index (Phi) is 3.48. The van der Waals surface area contributed by atoms with Crippen molar-refractivity contribution in [2.45, 2.75) is 64.6 Å². The van der Waals surface area contributed by atoms with Gasteiger partial charge in [-0.15, -0.1) is 0 Å². The van der Waals surface area contributed by atoms with Crippen LogP contribution >= 0.6 is 0 Å². The highest BCUT2D eigenvalue weighted by Crippen LogP contribution is 2.39. The number of rotatable bonds is 5. The molecule has 1 aromatic rings. The molecule has 0 aliphatic heterocycles. The standard InChI is InChI=1S/C16H24N2O2/c1-10-4-9-15(20-10)11(2)17-16(19)18(14-7-8-14)12(3)13-5-6-13/h4,9,11-14H,5-8H2,1-3H3,(H,17,19)/t11-,12-/m0/s1. The number of nitrogens with one attached hydrogen (secondary N) is 1. The highest BCUT2D eigenvalue weighted by molar-refractivity contribution is 5.75. The molecule has 0 bridgehead atoms. The first-order valence-electron chi connectivity index (χ1n) is 7.71. The molecule has 1 heterocycles. The van der Waals surface area contributed by atoms with Crippen LogP contribution < -0.4 is 5.32 Å². The molecule has 0 radical (unpaired) electrons. The monoisotopic (exact) mass is 276 g/mol. The zero-order valence-electron chi connectivity index (χ0n) is 12.6. The molecule has 4 heteroatoms. The van der Waals surface area contributed by atoms with E-state index in [9.17, 15) is 4.79 Å². The summed E-state index contributed by atoms with van der Waals surface area (Å²) in [5, 5.41) is 3.09. The molecule has 0 saturated heterocycles. The number of nitrogens with zero attached hydrogens (tertiary/aromatic N) is 1. The van der Waals surface area contributed by atoms with E-state index in [2.05, 4.69) is 17.1 Å². The lowest BCUT2D eigenvalue weighted by Crippen LogP contribution is -2.47. The van der Waals surface area contributed by atoms with Crippen molar-refractivity contribution in [3.05, 3.63) is 23.7 Å². The Morgan fingerprint density at radius 3 is 2.50 bits per heavy atom. The minimum absolute atomic E-state index is 0.0634. The molecule has 110 valence electrons. The van der Waals surface area contributed by atoms with Gasteiger partial charge in [0.15, 0.2) is 0 Å². The van der Waals surface area contributed by atoms with Gasteiger partial charge in [-0.2, -0.15) is 0 Å². The molecule has 1 N–H and O–H groups in total. The maximum Gasteiger partial charge on any atom is 0.318 e. The lowest BCUT2D eigenvalue weighted by atomic mass is 10.2. The van der Waals surface area contributed by atoms with Gasteiger partial charge in [0, 0.05) is 12.1 Å². The number of urea groups is 1. The van der Waals surface area contributed by atoms with E-state index in [0.717, 1.165) is 24.4 Å². The fraction of sp³-hybridized carbons (Fsp3) is 0.688. The van der Waals surface area contributed by atoms with E-state index in [1.54, 1.807) is 0 Å². The fourth-order valence-electron chi connectivity index (χ4n) is 2.86. The van der Waals surface area contributed by atoms with Crippen molar-refractivity contribution in [3.63, 3.8) is 0 Å². The number of aryl methyl sites for hydroxylation is 1. The molecule has 0 unspecified atom stereocenters. The van der Waals surface area contributed by atoms with Crippen LogP contribution in [0.2, 0.25) is 0 Å². The fourth-order valence-corrected chi connectivity index (χ4v) is 2.86. The van der Waals surface area contributed by atoms with E-state index in [1.165, 1.54) is 12.8 Å². The Morgan fingerprint density at radius 2 is 2.00 bits per heavy atom. The van der Waals surface area contributed by atoms with Crippen LogP contribution in [-0.4, -0.2) is 23.0 Å². The molecule has 0 spiro atoms. The summed E-state index contributed by atoms with van der Waals surface area (Å²) in [5.41, 5.74) is 0. The second kappa shape index (κ2) is 5.15. The average molecular weight is 276 g/mol. The number of hydrogen-bond acceptors (Lipinski definition) is 2.